The average Bonchev–Trinajstić information content (AvgIpc) is 3.18. The van der Waals surface area contributed by atoms with E-state index in [-0.39, 0.29) is 17.6 Å². The van der Waals surface area contributed by atoms with E-state index < -0.39 is 0 Å². The molecule has 0 unspecified atom stereocenters. The van der Waals surface area contributed by atoms with Crippen LogP contribution < -0.4 is 11.1 Å². The van der Waals surface area contributed by atoms with Crippen molar-refractivity contribution in [1.29, 1.82) is 0 Å². The van der Waals surface area contributed by atoms with E-state index in [2.05, 4.69) is 15.3 Å². The number of nitrogen functional groups attached to an aromatic ring is 1. The summed E-state index contributed by atoms with van der Waals surface area (Å²) < 4.78 is 0. The van der Waals surface area contributed by atoms with Gasteiger partial charge in [-0.2, -0.15) is 0 Å². The van der Waals surface area contributed by atoms with Crippen molar-refractivity contribution in [3.8, 4) is 0 Å². The van der Waals surface area contributed by atoms with Crippen molar-refractivity contribution in [1.82, 2.24) is 20.2 Å². The summed E-state index contributed by atoms with van der Waals surface area (Å²) >= 11 is 0. The summed E-state index contributed by atoms with van der Waals surface area (Å²) in [5.74, 6) is -0.117. The number of rotatable bonds is 4. The number of aromatic nitrogens is 2. The predicted molar refractivity (Wildman–Crippen MR) is 128 cm³/mol. The van der Waals surface area contributed by atoms with Crippen LogP contribution in [0.2, 0.25) is 0 Å². The van der Waals surface area contributed by atoms with Gasteiger partial charge in [0.2, 0.25) is 0 Å². The molecule has 2 aromatic heterocycles. The van der Waals surface area contributed by atoms with E-state index in [0.29, 0.717) is 37.3 Å². The first kappa shape index (κ1) is 20.8. The van der Waals surface area contributed by atoms with Crippen LogP contribution in [0.5, 0.6) is 0 Å². The number of aryl methyl sites for hydroxylation is 1. The van der Waals surface area contributed by atoms with Crippen molar-refractivity contribution in [3.63, 3.8) is 0 Å². The van der Waals surface area contributed by atoms with Gasteiger partial charge in [-0.15, -0.1) is 0 Å². The van der Waals surface area contributed by atoms with Gasteiger partial charge in [-0.25, -0.2) is 4.98 Å². The molecule has 3 heterocycles. The summed E-state index contributed by atoms with van der Waals surface area (Å²) in [5.41, 5.74) is 11.6. The first-order chi connectivity index (χ1) is 16.0. The number of nitrogens with two attached hydrogens (primary N) is 1. The van der Waals surface area contributed by atoms with Gasteiger partial charge in [0.1, 0.15) is 11.5 Å². The van der Waals surface area contributed by atoms with Crippen molar-refractivity contribution < 1.29 is 9.59 Å². The minimum absolute atomic E-state index is 0.0544. The number of H-pyrrole nitrogens is 1. The molecule has 5 rings (SSSR count). The number of hydrogen-bond acceptors (Lipinski definition) is 4. The van der Waals surface area contributed by atoms with Gasteiger partial charge in [0.25, 0.3) is 11.8 Å². The van der Waals surface area contributed by atoms with E-state index in [1.54, 1.807) is 11.0 Å². The number of benzene rings is 2. The average molecular weight is 440 g/mol. The molecule has 2 amide bonds. The molecule has 7 nitrogen and oxygen atoms in total. The molecule has 7 heteroatoms. The number of fused-ring (bicyclic) bond motifs is 2. The fourth-order valence-corrected chi connectivity index (χ4v) is 4.37. The molecule has 0 spiro atoms. The van der Waals surface area contributed by atoms with Crippen LogP contribution in [0.15, 0.2) is 60.7 Å². The fourth-order valence-electron chi connectivity index (χ4n) is 4.37. The SMILES string of the molecule is Cc1c(C(=O)N2CCc3nc(N)c(C(=O)NCc4ccccc4)cc3C2)[nH]c2ccccc12. The van der Waals surface area contributed by atoms with Crippen LogP contribution in [-0.4, -0.2) is 33.2 Å². The third-order valence-electron chi connectivity index (χ3n) is 6.21. The molecule has 0 saturated carbocycles. The third-order valence-corrected chi connectivity index (χ3v) is 6.21. The van der Waals surface area contributed by atoms with E-state index in [4.69, 9.17) is 5.73 Å². The van der Waals surface area contributed by atoms with E-state index in [0.717, 1.165) is 33.3 Å². The maximum atomic E-state index is 13.3. The molecule has 0 fully saturated rings. The van der Waals surface area contributed by atoms with Crippen LogP contribution >= 0.6 is 0 Å². The highest BCUT2D eigenvalue weighted by atomic mass is 16.2. The second-order valence-electron chi connectivity index (χ2n) is 8.34. The summed E-state index contributed by atoms with van der Waals surface area (Å²) in [4.78, 5) is 35.6. The highest BCUT2D eigenvalue weighted by molar-refractivity contribution is 6.01. The largest absolute Gasteiger partial charge is 0.383 e. The molecule has 166 valence electrons. The van der Waals surface area contributed by atoms with Gasteiger partial charge >= 0.3 is 0 Å². The highest BCUT2D eigenvalue weighted by Crippen LogP contribution is 2.26. The molecular formula is C26H25N5O2. The van der Waals surface area contributed by atoms with Crippen molar-refractivity contribution >= 4 is 28.5 Å². The zero-order valence-electron chi connectivity index (χ0n) is 18.4. The zero-order chi connectivity index (χ0) is 22.9. The molecule has 0 saturated heterocycles. The van der Waals surface area contributed by atoms with E-state index in [1.165, 1.54) is 0 Å². The number of carbonyl (C=O) groups is 2. The summed E-state index contributed by atoms with van der Waals surface area (Å²) in [7, 11) is 0. The number of aromatic amines is 1. The van der Waals surface area contributed by atoms with Gasteiger partial charge in [-0.05, 0) is 35.7 Å². The third kappa shape index (κ3) is 3.93. The molecule has 0 bridgehead atoms. The Balaban J connectivity index is 1.36. The lowest BCUT2D eigenvalue weighted by Gasteiger charge is -2.29. The number of nitrogens with one attached hydrogen (secondary N) is 2. The number of hydrogen-bond donors (Lipinski definition) is 3. The smallest absolute Gasteiger partial charge is 0.270 e. The molecule has 0 aliphatic carbocycles. The molecule has 0 radical (unpaired) electrons. The lowest BCUT2D eigenvalue weighted by molar-refractivity contribution is 0.0728. The second-order valence-corrected chi connectivity index (χ2v) is 8.34. The molecular weight excluding hydrogens is 414 g/mol. The van der Waals surface area contributed by atoms with Gasteiger partial charge < -0.3 is 20.9 Å². The number of para-hydroxylation sites is 1. The minimum Gasteiger partial charge on any atom is -0.383 e. The lowest BCUT2D eigenvalue weighted by atomic mass is 10.0. The van der Waals surface area contributed by atoms with Crippen LogP contribution in [0.25, 0.3) is 10.9 Å². The van der Waals surface area contributed by atoms with Crippen LogP contribution in [0.4, 0.5) is 5.82 Å². The summed E-state index contributed by atoms with van der Waals surface area (Å²) in [6.07, 6.45) is 0.594. The molecule has 1 aliphatic rings. The number of pyridine rings is 1. The van der Waals surface area contributed by atoms with Crippen LogP contribution in [-0.2, 0) is 19.5 Å². The Labute approximate surface area is 191 Å². The van der Waals surface area contributed by atoms with Crippen molar-refractivity contribution in [2.24, 2.45) is 0 Å². The van der Waals surface area contributed by atoms with Crippen molar-refractivity contribution in [2.45, 2.75) is 26.4 Å². The van der Waals surface area contributed by atoms with Gasteiger partial charge in [0.15, 0.2) is 0 Å². The van der Waals surface area contributed by atoms with E-state index in [9.17, 15) is 9.59 Å². The minimum atomic E-state index is -0.276. The zero-order valence-corrected chi connectivity index (χ0v) is 18.4. The Bertz CT molecular complexity index is 1360. The topological polar surface area (TPSA) is 104 Å². The number of anilines is 1. The number of amides is 2. The molecule has 4 aromatic rings. The summed E-state index contributed by atoms with van der Waals surface area (Å²) in [6, 6.07) is 19.4. The van der Waals surface area contributed by atoms with E-state index in [1.807, 2.05) is 61.5 Å². The lowest BCUT2D eigenvalue weighted by Crippen LogP contribution is -2.37. The van der Waals surface area contributed by atoms with Crippen molar-refractivity contribution in [2.75, 3.05) is 12.3 Å². The Kier molecular flexibility index (Phi) is 5.30. The Hall–Kier alpha value is -4.13. The first-order valence-electron chi connectivity index (χ1n) is 11.0. The van der Waals surface area contributed by atoms with Gasteiger partial charge in [0.05, 0.1) is 5.56 Å². The Morgan fingerprint density at radius 1 is 1.12 bits per heavy atom. The van der Waals surface area contributed by atoms with Crippen molar-refractivity contribution in [3.05, 3.63) is 94.3 Å². The number of carbonyl (C=O) groups excluding carboxylic acids is 2. The maximum Gasteiger partial charge on any atom is 0.270 e. The van der Waals surface area contributed by atoms with E-state index >= 15 is 0 Å². The standard InChI is InChI=1S/C26H25N5O2/c1-16-19-9-5-6-10-22(19)29-23(16)26(33)31-12-11-21-18(15-31)13-20(24(27)30-21)25(32)28-14-17-7-3-2-4-8-17/h2-10,13,29H,11-12,14-15H2,1H3,(H2,27,30)(H,28,32). The van der Waals surface area contributed by atoms with Crippen LogP contribution in [0.1, 0.15) is 43.2 Å². The molecule has 33 heavy (non-hydrogen) atoms. The van der Waals surface area contributed by atoms with Crippen LogP contribution in [0.3, 0.4) is 0 Å². The van der Waals surface area contributed by atoms with Gasteiger partial charge in [-0.1, -0.05) is 48.5 Å². The Morgan fingerprint density at radius 3 is 2.67 bits per heavy atom. The normalized spacial score (nSPS) is 13.1. The predicted octanol–water partition coefficient (Wildman–Crippen LogP) is 3.58. The number of nitrogens with zero attached hydrogens (tertiary/aromatic N) is 2. The molecule has 2 aromatic carbocycles. The second kappa shape index (κ2) is 8.43. The van der Waals surface area contributed by atoms with Gasteiger partial charge in [0, 0.05) is 42.7 Å². The Morgan fingerprint density at radius 2 is 1.88 bits per heavy atom. The molecule has 0 atom stereocenters. The summed E-state index contributed by atoms with van der Waals surface area (Å²) in [6.45, 7) is 3.30. The van der Waals surface area contributed by atoms with Crippen LogP contribution in [0, 0.1) is 6.92 Å². The molecule has 1 aliphatic heterocycles. The monoisotopic (exact) mass is 439 g/mol. The maximum absolute atomic E-state index is 13.3. The highest BCUT2D eigenvalue weighted by Gasteiger charge is 2.27. The first-order valence-corrected chi connectivity index (χ1v) is 11.0. The molecule has 4 N–H and O–H groups in total. The quantitative estimate of drug-likeness (QED) is 0.452. The van der Waals surface area contributed by atoms with Gasteiger partial charge in [-0.3, -0.25) is 9.59 Å². The summed E-state index contributed by atoms with van der Waals surface area (Å²) in [5, 5.41) is 3.95. The fraction of sp³-hybridized carbons (Fsp3) is 0.192.